The first kappa shape index (κ1) is 6.61. The highest BCUT2D eigenvalue weighted by molar-refractivity contribution is 9.10. The van der Waals surface area contributed by atoms with E-state index in [0.717, 1.165) is 4.47 Å². The van der Waals surface area contributed by atoms with Crippen LogP contribution in [-0.2, 0) is 0 Å². The number of hydrogen-bond donors (Lipinski definition) is 0. The molecule has 0 N–H and O–H groups in total. The molecule has 1 aromatic rings. The van der Waals surface area contributed by atoms with Crippen molar-refractivity contribution in [3.63, 3.8) is 0 Å². The summed E-state index contributed by atoms with van der Waals surface area (Å²) < 4.78 is 0.852. The fourth-order valence-corrected chi connectivity index (χ4v) is 1.67. The van der Waals surface area contributed by atoms with Gasteiger partial charge in [0.1, 0.15) is 0 Å². The molecule has 1 rings (SSSR count). The summed E-state index contributed by atoms with van der Waals surface area (Å²) in [5.74, 6) is 0. The Morgan fingerprint density at radius 3 is 2.89 bits per heavy atom. The minimum atomic E-state index is 0.655. The standard InChI is InChI=1S/C4H2BrN3S/c5-3-1-9-2-4(3)7-8-6/h1-2H. The lowest BCUT2D eigenvalue weighted by Crippen LogP contribution is -1.48. The van der Waals surface area contributed by atoms with Gasteiger partial charge >= 0.3 is 0 Å². The van der Waals surface area contributed by atoms with Crippen LogP contribution < -0.4 is 0 Å². The van der Waals surface area contributed by atoms with Crippen LogP contribution in [0.1, 0.15) is 0 Å². The van der Waals surface area contributed by atoms with Gasteiger partial charge in [-0.3, -0.25) is 0 Å². The van der Waals surface area contributed by atoms with Gasteiger partial charge in [-0.2, -0.15) is 11.3 Å². The summed E-state index contributed by atoms with van der Waals surface area (Å²) in [6, 6.07) is 0. The summed E-state index contributed by atoms with van der Waals surface area (Å²) in [4.78, 5) is 2.64. The normalized spacial score (nSPS) is 8.56. The first-order valence-electron chi connectivity index (χ1n) is 2.11. The Labute approximate surface area is 64.1 Å². The molecule has 0 amide bonds. The average Bonchev–Trinajstić information content (AvgIpc) is 2.18. The summed E-state index contributed by atoms with van der Waals surface area (Å²) in [6.07, 6.45) is 0. The maximum absolute atomic E-state index is 8.00. The van der Waals surface area contributed by atoms with E-state index in [1.54, 1.807) is 5.38 Å². The molecule has 0 radical (unpaired) electrons. The zero-order chi connectivity index (χ0) is 6.69. The first-order chi connectivity index (χ1) is 4.34. The molecule has 0 saturated carbocycles. The predicted octanol–water partition coefficient (Wildman–Crippen LogP) is 3.45. The molecule has 0 saturated heterocycles. The summed E-state index contributed by atoms with van der Waals surface area (Å²) >= 11 is 4.71. The molecular formula is C4H2BrN3S. The quantitative estimate of drug-likeness (QED) is 0.382. The van der Waals surface area contributed by atoms with Crippen molar-refractivity contribution < 1.29 is 0 Å². The van der Waals surface area contributed by atoms with Crippen molar-refractivity contribution in [2.75, 3.05) is 0 Å². The van der Waals surface area contributed by atoms with E-state index in [1.165, 1.54) is 11.3 Å². The number of azide groups is 1. The van der Waals surface area contributed by atoms with Crippen LogP contribution in [0, 0.1) is 0 Å². The molecule has 1 aromatic heterocycles. The molecule has 0 aliphatic carbocycles. The third-order valence-corrected chi connectivity index (χ3v) is 2.42. The minimum Gasteiger partial charge on any atom is -0.151 e. The summed E-state index contributed by atoms with van der Waals surface area (Å²) in [7, 11) is 0. The van der Waals surface area contributed by atoms with Crippen LogP contribution >= 0.6 is 27.3 Å². The number of nitrogens with zero attached hydrogens (tertiary/aromatic N) is 3. The molecule has 0 aliphatic heterocycles. The maximum atomic E-state index is 8.00. The molecule has 0 spiro atoms. The van der Waals surface area contributed by atoms with Crippen molar-refractivity contribution in [2.45, 2.75) is 0 Å². The number of halogens is 1. The second-order valence-corrected chi connectivity index (χ2v) is 2.89. The molecule has 5 heteroatoms. The summed E-state index contributed by atoms with van der Waals surface area (Å²) in [5, 5.41) is 7.06. The van der Waals surface area contributed by atoms with Crippen LogP contribution in [0.25, 0.3) is 10.4 Å². The molecular weight excluding hydrogens is 202 g/mol. The van der Waals surface area contributed by atoms with E-state index in [1.807, 2.05) is 5.38 Å². The lowest BCUT2D eigenvalue weighted by Gasteiger charge is -1.79. The van der Waals surface area contributed by atoms with Crippen molar-refractivity contribution in [1.82, 2.24) is 0 Å². The van der Waals surface area contributed by atoms with E-state index in [4.69, 9.17) is 5.53 Å². The Morgan fingerprint density at radius 1 is 1.67 bits per heavy atom. The monoisotopic (exact) mass is 203 g/mol. The highest BCUT2D eigenvalue weighted by Gasteiger charge is 1.94. The third kappa shape index (κ3) is 1.45. The molecule has 0 aromatic carbocycles. The van der Waals surface area contributed by atoms with Crippen molar-refractivity contribution in [3.8, 4) is 0 Å². The van der Waals surface area contributed by atoms with Crippen molar-refractivity contribution in [1.29, 1.82) is 0 Å². The molecule has 0 fully saturated rings. The van der Waals surface area contributed by atoms with Crippen LogP contribution in [0.2, 0.25) is 0 Å². The Kier molecular flexibility index (Phi) is 2.10. The first-order valence-corrected chi connectivity index (χ1v) is 3.85. The highest BCUT2D eigenvalue weighted by Crippen LogP contribution is 2.28. The Morgan fingerprint density at radius 2 is 2.44 bits per heavy atom. The van der Waals surface area contributed by atoms with Crippen LogP contribution in [0.3, 0.4) is 0 Å². The number of rotatable bonds is 1. The smallest absolute Gasteiger partial charge is 0.0624 e. The van der Waals surface area contributed by atoms with Gasteiger partial charge in [0.05, 0.1) is 5.69 Å². The topological polar surface area (TPSA) is 48.8 Å². The second-order valence-electron chi connectivity index (χ2n) is 1.29. The molecule has 9 heavy (non-hydrogen) atoms. The Bertz CT molecular complexity index is 250. The molecule has 46 valence electrons. The maximum Gasteiger partial charge on any atom is 0.0624 e. The van der Waals surface area contributed by atoms with Crippen molar-refractivity contribution in [2.24, 2.45) is 5.11 Å². The van der Waals surface area contributed by atoms with E-state index in [-0.39, 0.29) is 0 Å². The lowest BCUT2D eigenvalue weighted by atomic mass is 10.6. The predicted molar refractivity (Wildman–Crippen MR) is 40.8 cm³/mol. The molecule has 0 atom stereocenters. The van der Waals surface area contributed by atoms with Crippen molar-refractivity contribution >= 4 is 33.0 Å². The summed E-state index contributed by atoms with van der Waals surface area (Å²) in [6.45, 7) is 0. The van der Waals surface area contributed by atoms with Gasteiger partial charge < -0.3 is 0 Å². The minimum absolute atomic E-state index is 0.655. The Hall–Kier alpha value is -0.510. The third-order valence-electron chi connectivity index (χ3n) is 0.748. The zero-order valence-electron chi connectivity index (χ0n) is 4.28. The van der Waals surface area contributed by atoms with Gasteiger partial charge in [-0.1, -0.05) is 5.11 Å². The SMILES string of the molecule is [N-]=[N+]=Nc1cscc1Br. The van der Waals surface area contributed by atoms with E-state index in [0.29, 0.717) is 5.69 Å². The van der Waals surface area contributed by atoms with E-state index in [2.05, 4.69) is 26.0 Å². The number of thiophene rings is 1. The number of hydrogen-bond acceptors (Lipinski definition) is 2. The fraction of sp³-hybridized carbons (Fsp3) is 0. The zero-order valence-corrected chi connectivity index (χ0v) is 6.69. The van der Waals surface area contributed by atoms with E-state index in [9.17, 15) is 0 Å². The van der Waals surface area contributed by atoms with Crippen LogP contribution in [0.4, 0.5) is 5.69 Å². The second kappa shape index (κ2) is 2.87. The molecule has 0 bridgehead atoms. The van der Waals surface area contributed by atoms with Gasteiger partial charge in [0.2, 0.25) is 0 Å². The summed E-state index contributed by atoms with van der Waals surface area (Å²) in [5.41, 5.74) is 8.66. The average molecular weight is 204 g/mol. The van der Waals surface area contributed by atoms with E-state index >= 15 is 0 Å². The van der Waals surface area contributed by atoms with Gasteiger partial charge in [-0.15, -0.1) is 0 Å². The van der Waals surface area contributed by atoms with Gasteiger partial charge in [0.15, 0.2) is 0 Å². The molecule has 0 unspecified atom stereocenters. The molecule has 1 heterocycles. The lowest BCUT2D eigenvalue weighted by molar-refractivity contribution is 1.50. The van der Waals surface area contributed by atoms with Gasteiger partial charge in [-0.05, 0) is 21.5 Å². The Balaban J connectivity index is 3.07. The largest absolute Gasteiger partial charge is 0.151 e. The molecule has 3 nitrogen and oxygen atoms in total. The van der Waals surface area contributed by atoms with E-state index < -0.39 is 0 Å². The van der Waals surface area contributed by atoms with Crippen molar-refractivity contribution in [3.05, 3.63) is 25.7 Å². The highest BCUT2D eigenvalue weighted by atomic mass is 79.9. The van der Waals surface area contributed by atoms with Gasteiger partial charge in [-0.25, -0.2) is 0 Å². The van der Waals surface area contributed by atoms with Gasteiger partial charge in [0.25, 0.3) is 0 Å². The van der Waals surface area contributed by atoms with Crippen LogP contribution in [0.15, 0.2) is 20.3 Å². The van der Waals surface area contributed by atoms with Crippen LogP contribution in [-0.4, -0.2) is 0 Å². The fourth-order valence-electron chi connectivity index (χ4n) is 0.394. The molecule has 0 aliphatic rings. The van der Waals surface area contributed by atoms with Gasteiger partial charge in [0, 0.05) is 20.1 Å². The van der Waals surface area contributed by atoms with Crippen LogP contribution in [0.5, 0.6) is 0 Å².